The minimum atomic E-state index is -0.102. The first-order valence-corrected chi connectivity index (χ1v) is 8.56. The Morgan fingerprint density at radius 2 is 2.08 bits per heavy atom. The molecule has 1 aromatic carbocycles. The second-order valence-electron chi connectivity index (χ2n) is 5.27. The van der Waals surface area contributed by atoms with Crippen molar-refractivity contribution in [1.82, 2.24) is 9.88 Å². The molecule has 118 valence electrons. The number of thioether (sulfide) groups is 1. The molecule has 0 radical (unpaired) electrons. The molecule has 1 saturated heterocycles. The Labute approximate surface area is 148 Å². The Hall–Kier alpha value is -2.44. The molecule has 0 bridgehead atoms. The van der Waals surface area contributed by atoms with Crippen molar-refractivity contribution >= 4 is 51.2 Å². The molecule has 0 saturated carbocycles. The lowest BCUT2D eigenvalue weighted by molar-refractivity contribution is -0.122. The molecule has 3 aromatic rings. The van der Waals surface area contributed by atoms with Crippen LogP contribution in [-0.4, -0.2) is 20.1 Å². The van der Waals surface area contributed by atoms with E-state index in [1.165, 1.54) is 11.8 Å². The maximum Gasteiger partial charge on any atom is 0.266 e. The number of carbonyl (C=O) groups is 1. The highest BCUT2D eigenvalue weighted by Crippen LogP contribution is 2.34. The first-order valence-electron chi connectivity index (χ1n) is 7.34. The monoisotopic (exact) mass is 352 g/mol. The summed E-state index contributed by atoms with van der Waals surface area (Å²) in [6, 6.07) is 13.4. The van der Waals surface area contributed by atoms with Gasteiger partial charge in [-0.25, -0.2) is 0 Å². The van der Waals surface area contributed by atoms with Gasteiger partial charge >= 0.3 is 0 Å². The fourth-order valence-electron chi connectivity index (χ4n) is 2.58. The number of pyridine rings is 1. The molecule has 2 aromatic heterocycles. The van der Waals surface area contributed by atoms with Gasteiger partial charge in [0.1, 0.15) is 10.1 Å². The Balaban J connectivity index is 1.68. The van der Waals surface area contributed by atoms with Crippen molar-refractivity contribution in [3.05, 3.63) is 71.2 Å². The number of thiocarbonyl (C=S) groups is 1. The molecule has 6 heteroatoms. The molecule has 1 aliphatic rings. The smallest absolute Gasteiger partial charge is 0.266 e. The summed E-state index contributed by atoms with van der Waals surface area (Å²) in [5.41, 5.74) is 1.78. The topological polar surface area (TPSA) is 46.3 Å². The predicted octanol–water partition coefficient (Wildman–Crippen LogP) is 4.23. The summed E-state index contributed by atoms with van der Waals surface area (Å²) in [4.78, 5) is 19.3. The molecule has 4 rings (SSSR count). The standard InChI is InChI=1S/C18H12N2O2S2/c21-17-15(24-18(23)20(17)11-14-7-3-9-22-14)10-13-5-1-4-12-6-2-8-19-16(12)13/h1-10H,11H2. The Morgan fingerprint density at radius 3 is 2.92 bits per heavy atom. The third kappa shape index (κ3) is 2.74. The number of hydrogen-bond acceptors (Lipinski definition) is 5. The van der Waals surface area contributed by atoms with Crippen molar-refractivity contribution in [3.63, 3.8) is 0 Å². The van der Waals surface area contributed by atoms with E-state index in [2.05, 4.69) is 4.98 Å². The van der Waals surface area contributed by atoms with Crippen LogP contribution < -0.4 is 0 Å². The molecular weight excluding hydrogens is 340 g/mol. The van der Waals surface area contributed by atoms with Crippen LogP contribution in [0, 0.1) is 0 Å². The zero-order valence-electron chi connectivity index (χ0n) is 12.5. The minimum absolute atomic E-state index is 0.102. The van der Waals surface area contributed by atoms with Gasteiger partial charge in [-0.15, -0.1) is 0 Å². The largest absolute Gasteiger partial charge is 0.467 e. The maximum atomic E-state index is 12.7. The lowest BCUT2D eigenvalue weighted by atomic mass is 10.1. The molecule has 0 atom stereocenters. The molecule has 1 aliphatic heterocycles. The summed E-state index contributed by atoms with van der Waals surface area (Å²) < 4.78 is 5.85. The van der Waals surface area contributed by atoms with Crippen molar-refractivity contribution in [2.75, 3.05) is 0 Å². The number of hydrogen-bond donors (Lipinski definition) is 0. The number of carbonyl (C=O) groups excluding carboxylic acids is 1. The van der Waals surface area contributed by atoms with Crippen LogP contribution >= 0.6 is 24.0 Å². The summed E-state index contributed by atoms with van der Waals surface area (Å²) >= 11 is 6.66. The zero-order valence-corrected chi connectivity index (χ0v) is 14.1. The number of rotatable bonds is 3. The molecule has 1 fully saturated rings. The van der Waals surface area contributed by atoms with Crippen LogP contribution in [0.4, 0.5) is 0 Å². The lowest BCUT2D eigenvalue weighted by Crippen LogP contribution is -2.27. The second kappa shape index (κ2) is 6.22. The van der Waals surface area contributed by atoms with Gasteiger partial charge in [0.05, 0.1) is 23.2 Å². The predicted molar refractivity (Wildman–Crippen MR) is 99.2 cm³/mol. The van der Waals surface area contributed by atoms with Crippen molar-refractivity contribution in [2.45, 2.75) is 6.54 Å². The molecule has 0 unspecified atom stereocenters. The molecule has 4 nitrogen and oxygen atoms in total. The third-order valence-electron chi connectivity index (χ3n) is 3.72. The van der Waals surface area contributed by atoms with Crippen LogP contribution in [0.25, 0.3) is 17.0 Å². The van der Waals surface area contributed by atoms with Crippen molar-refractivity contribution in [2.24, 2.45) is 0 Å². The number of aromatic nitrogens is 1. The maximum absolute atomic E-state index is 12.7. The molecule has 0 spiro atoms. The van der Waals surface area contributed by atoms with Gasteiger partial charge < -0.3 is 4.42 Å². The van der Waals surface area contributed by atoms with Crippen LogP contribution in [0.1, 0.15) is 11.3 Å². The average Bonchev–Trinajstić information content (AvgIpc) is 3.20. The van der Waals surface area contributed by atoms with E-state index >= 15 is 0 Å². The summed E-state index contributed by atoms with van der Waals surface area (Å²) in [5, 5.41) is 1.04. The number of amides is 1. The third-order valence-corrected chi connectivity index (χ3v) is 5.10. The molecule has 0 N–H and O–H groups in total. The molecule has 1 amide bonds. The highest BCUT2D eigenvalue weighted by atomic mass is 32.2. The van der Waals surface area contributed by atoms with Gasteiger partial charge in [0.25, 0.3) is 5.91 Å². The van der Waals surface area contributed by atoms with Gasteiger partial charge in [0.15, 0.2) is 0 Å². The van der Waals surface area contributed by atoms with Crippen molar-refractivity contribution < 1.29 is 9.21 Å². The highest BCUT2D eigenvalue weighted by Gasteiger charge is 2.32. The summed E-state index contributed by atoms with van der Waals surface area (Å²) in [5.74, 6) is 0.605. The van der Waals surface area contributed by atoms with E-state index in [1.807, 2.05) is 42.5 Å². The number of fused-ring (bicyclic) bond motifs is 1. The van der Waals surface area contributed by atoms with E-state index in [0.29, 0.717) is 21.5 Å². The number of furan rings is 1. The molecular formula is C18H12N2O2S2. The number of benzene rings is 1. The SMILES string of the molecule is O=C1C(=Cc2cccc3cccnc23)SC(=S)N1Cc1ccco1. The molecule has 0 aliphatic carbocycles. The Bertz CT molecular complexity index is 959. The fraction of sp³-hybridized carbons (Fsp3) is 0.0556. The van der Waals surface area contributed by atoms with Gasteiger partial charge in [0, 0.05) is 17.1 Å². The molecule has 24 heavy (non-hydrogen) atoms. The highest BCUT2D eigenvalue weighted by molar-refractivity contribution is 8.26. The minimum Gasteiger partial charge on any atom is -0.467 e. The normalized spacial score (nSPS) is 16.5. The summed E-state index contributed by atoms with van der Waals surface area (Å²) in [7, 11) is 0. The van der Waals surface area contributed by atoms with E-state index in [1.54, 1.807) is 23.4 Å². The average molecular weight is 352 g/mol. The van der Waals surface area contributed by atoms with Crippen molar-refractivity contribution in [3.8, 4) is 0 Å². The number of para-hydroxylation sites is 1. The van der Waals surface area contributed by atoms with Gasteiger partial charge in [-0.3, -0.25) is 14.7 Å². The van der Waals surface area contributed by atoms with E-state index in [4.69, 9.17) is 16.6 Å². The van der Waals surface area contributed by atoms with Crippen LogP contribution in [0.3, 0.4) is 0 Å². The van der Waals surface area contributed by atoms with Gasteiger partial charge in [0.2, 0.25) is 0 Å². The second-order valence-corrected chi connectivity index (χ2v) is 6.95. The quantitative estimate of drug-likeness (QED) is 0.521. The van der Waals surface area contributed by atoms with E-state index < -0.39 is 0 Å². The van der Waals surface area contributed by atoms with Gasteiger partial charge in [-0.2, -0.15) is 0 Å². The first-order chi connectivity index (χ1) is 11.7. The van der Waals surface area contributed by atoms with E-state index in [0.717, 1.165) is 16.5 Å². The fourth-order valence-corrected chi connectivity index (χ4v) is 3.83. The van der Waals surface area contributed by atoms with E-state index in [9.17, 15) is 4.79 Å². The van der Waals surface area contributed by atoms with Crippen LogP contribution in [0.5, 0.6) is 0 Å². The van der Waals surface area contributed by atoms with Gasteiger partial charge in [-0.1, -0.05) is 48.2 Å². The lowest BCUT2D eigenvalue weighted by Gasteiger charge is -2.12. The zero-order chi connectivity index (χ0) is 16.5. The summed E-state index contributed by atoms with van der Waals surface area (Å²) in [6.45, 7) is 0.350. The summed E-state index contributed by atoms with van der Waals surface area (Å²) in [6.07, 6.45) is 5.20. The van der Waals surface area contributed by atoms with E-state index in [-0.39, 0.29) is 5.91 Å². The Morgan fingerprint density at radius 1 is 1.21 bits per heavy atom. The molecule has 3 heterocycles. The van der Waals surface area contributed by atoms with Crippen LogP contribution in [0.2, 0.25) is 0 Å². The first kappa shape index (κ1) is 15.1. The number of nitrogens with zero attached hydrogens (tertiary/aromatic N) is 2. The van der Waals surface area contributed by atoms with Crippen LogP contribution in [-0.2, 0) is 11.3 Å². The Kier molecular flexibility index (Phi) is 3.92. The van der Waals surface area contributed by atoms with Crippen LogP contribution in [0.15, 0.2) is 64.2 Å². The van der Waals surface area contributed by atoms with Gasteiger partial charge in [-0.05, 0) is 24.3 Å². The van der Waals surface area contributed by atoms with Crippen molar-refractivity contribution in [1.29, 1.82) is 0 Å².